The summed E-state index contributed by atoms with van der Waals surface area (Å²) in [4.78, 5) is 8.60. The Balaban J connectivity index is 2.07. The number of nitrogens with one attached hydrogen (secondary N) is 1. The number of hydrogen-bond donors (Lipinski definition) is 1. The van der Waals surface area contributed by atoms with Gasteiger partial charge >= 0.3 is 0 Å². The van der Waals surface area contributed by atoms with Crippen LogP contribution in [0.4, 0.5) is 5.82 Å². The second-order valence-corrected chi connectivity index (χ2v) is 7.33. The molecule has 1 N–H and O–H groups in total. The SMILES string of the molecule is CCS(=O)(=O)N1CCC[C@@H](Cc2nccnc2NC)C1. The average Bonchev–Trinajstić information content (AvgIpc) is 2.48. The normalized spacial score (nSPS) is 20.8. The molecule has 20 heavy (non-hydrogen) atoms. The van der Waals surface area contributed by atoms with Crippen molar-refractivity contribution in [1.29, 1.82) is 0 Å². The molecule has 1 fully saturated rings. The van der Waals surface area contributed by atoms with E-state index >= 15 is 0 Å². The van der Waals surface area contributed by atoms with Gasteiger partial charge in [0.25, 0.3) is 0 Å². The topological polar surface area (TPSA) is 75.2 Å². The van der Waals surface area contributed by atoms with Crippen molar-refractivity contribution in [3.05, 3.63) is 18.1 Å². The molecule has 0 amide bonds. The minimum absolute atomic E-state index is 0.173. The number of nitrogens with zero attached hydrogens (tertiary/aromatic N) is 3. The Hall–Kier alpha value is -1.21. The Bertz CT molecular complexity index is 547. The van der Waals surface area contributed by atoms with Crippen molar-refractivity contribution in [2.45, 2.75) is 26.2 Å². The summed E-state index contributed by atoms with van der Waals surface area (Å²) in [6, 6.07) is 0. The third kappa shape index (κ3) is 3.46. The van der Waals surface area contributed by atoms with Crippen LogP contribution in [0.5, 0.6) is 0 Å². The van der Waals surface area contributed by atoms with Crippen molar-refractivity contribution in [1.82, 2.24) is 14.3 Å². The highest BCUT2D eigenvalue weighted by atomic mass is 32.2. The summed E-state index contributed by atoms with van der Waals surface area (Å²) in [6.07, 6.45) is 6.05. The highest BCUT2D eigenvalue weighted by Gasteiger charge is 2.28. The monoisotopic (exact) mass is 298 g/mol. The summed E-state index contributed by atoms with van der Waals surface area (Å²) >= 11 is 0. The highest BCUT2D eigenvalue weighted by Crippen LogP contribution is 2.24. The van der Waals surface area contributed by atoms with E-state index in [9.17, 15) is 8.42 Å². The number of anilines is 1. The van der Waals surface area contributed by atoms with Gasteiger partial charge < -0.3 is 5.32 Å². The van der Waals surface area contributed by atoms with Gasteiger partial charge in [-0.25, -0.2) is 17.7 Å². The molecule has 0 bridgehead atoms. The van der Waals surface area contributed by atoms with Crippen molar-refractivity contribution in [2.24, 2.45) is 5.92 Å². The summed E-state index contributed by atoms with van der Waals surface area (Å²) < 4.78 is 25.5. The second kappa shape index (κ2) is 6.49. The van der Waals surface area contributed by atoms with E-state index in [0.29, 0.717) is 19.0 Å². The molecule has 1 saturated heterocycles. The molecule has 1 aliphatic heterocycles. The molecule has 6 nitrogen and oxygen atoms in total. The van der Waals surface area contributed by atoms with Crippen LogP contribution in [0.1, 0.15) is 25.5 Å². The van der Waals surface area contributed by atoms with Crippen LogP contribution in [0.3, 0.4) is 0 Å². The Kier molecular flexibility index (Phi) is 4.93. The second-order valence-electron chi connectivity index (χ2n) is 5.07. The maximum absolute atomic E-state index is 12.0. The fraction of sp³-hybridized carbons (Fsp3) is 0.692. The first-order valence-corrected chi connectivity index (χ1v) is 8.63. The van der Waals surface area contributed by atoms with Gasteiger partial charge in [-0.1, -0.05) is 0 Å². The first kappa shape index (κ1) is 15.2. The fourth-order valence-corrected chi connectivity index (χ4v) is 3.84. The zero-order valence-electron chi connectivity index (χ0n) is 12.0. The Morgan fingerprint density at radius 3 is 2.85 bits per heavy atom. The van der Waals surface area contributed by atoms with Crippen molar-refractivity contribution < 1.29 is 8.42 Å². The van der Waals surface area contributed by atoms with E-state index < -0.39 is 10.0 Å². The van der Waals surface area contributed by atoms with Gasteiger partial charge in [0.2, 0.25) is 10.0 Å². The number of piperidine rings is 1. The third-order valence-electron chi connectivity index (χ3n) is 3.73. The van der Waals surface area contributed by atoms with Crippen molar-refractivity contribution in [3.63, 3.8) is 0 Å². The molecule has 112 valence electrons. The molecule has 1 aromatic rings. The van der Waals surface area contributed by atoms with Gasteiger partial charge in [0.1, 0.15) is 5.82 Å². The van der Waals surface area contributed by atoms with Gasteiger partial charge in [0.15, 0.2) is 0 Å². The minimum Gasteiger partial charge on any atom is -0.372 e. The largest absolute Gasteiger partial charge is 0.372 e. The van der Waals surface area contributed by atoms with E-state index in [0.717, 1.165) is 30.8 Å². The first-order chi connectivity index (χ1) is 9.56. The lowest BCUT2D eigenvalue weighted by atomic mass is 9.94. The van der Waals surface area contributed by atoms with E-state index in [1.165, 1.54) is 0 Å². The molecule has 0 radical (unpaired) electrons. The predicted octanol–water partition coefficient (Wildman–Crippen LogP) is 1.12. The Labute approximate surface area is 120 Å². The van der Waals surface area contributed by atoms with E-state index in [4.69, 9.17) is 0 Å². The molecule has 1 aliphatic rings. The van der Waals surface area contributed by atoms with Gasteiger partial charge in [0.05, 0.1) is 11.4 Å². The lowest BCUT2D eigenvalue weighted by Gasteiger charge is -2.31. The first-order valence-electron chi connectivity index (χ1n) is 7.02. The zero-order valence-corrected chi connectivity index (χ0v) is 12.9. The van der Waals surface area contributed by atoms with E-state index in [1.54, 1.807) is 23.6 Å². The average molecular weight is 298 g/mol. The maximum Gasteiger partial charge on any atom is 0.213 e. The number of rotatable bonds is 5. The van der Waals surface area contributed by atoms with Gasteiger partial charge in [-0.05, 0) is 32.1 Å². The number of sulfonamides is 1. The quantitative estimate of drug-likeness (QED) is 0.881. The van der Waals surface area contributed by atoms with Crippen LogP contribution >= 0.6 is 0 Å². The molecule has 0 saturated carbocycles. The standard InChI is InChI=1S/C13H22N4O2S/c1-3-20(18,19)17-8-4-5-11(10-17)9-12-13(14-2)16-7-6-15-12/h6-7,11H,3-5,8-10H2,1-2H3,(H,14,16)/t11-/m0/s1. The smallest absolute Gasteiger partial charge is 0.213 e. The zero-order chi connectivity index (χ0) is 14.6. The molecule has 0 spiro atoms. The summed E-state index contributed by atoms with van der Waals surface area (Å²) in [6.45, 7) is 2.93. The summed E-state index contributed by atoms with van der Waals surface area (Å²) in [7, 11) is -1.26. The molecular weight excluding hydrogens is 276 g/mol. The van der Waals surface area contributed by atoms with Crippen LogP contribution in [0.2, 0.25) is 0 Å². The van der Waals surface area contributed by atoms with Crippen molar-refractivity contribution in [3.8, 4) is 0 Å². The summed E-state index contributed by atoms with van der Waals surface area (Å²) in [5, 5.41) is 3.03. The van der Waals surface area contributed by atoms with Crippen LogP contribution in [0, 0.1) is 5.92 Å². The van der Waals surface area contributed by atoms with Gasteiger partial charge in [-0.2, -0.15) is 0 Å². The van der Waals surface area contributed by atoms with E-state index in [2.05, 4.69) is 15.3 Å². The minimum atomic E-state index is -3.08. The van der Waals surface area contributed by atoms with E-state index in [1.807, 2.05) is 7.05 Å². The lowest BCUT2D eigenvalue weighted by Crippen LogP contribution is -2.41. The van der Waals surface area contributed by atoms with E-state index in [-0.39, 0.29) is 5.75 Å². The number of aromatic nitrogens is 2. The molecule has 1 atom stereocenters. The summed E-state index contributed by atoms with van der Waals surface area (Å²) in [5.41, 5.74) is 0.913. The van der Waals surface area contributed by atoms with Crippen LogP contribution in [0.25, 0.3) is 0 Å². The number of hydrogen-bond acceptors (Lipinski definition) is 5. The maximum atomic E-state index is 12.0. The Morgan fingerprint density at radius 1 is 1.40 bits per heavy atom. The molecule has 1 aromatic heterocycles. The van der Waals surface area contributed by atoms with Gasteiger partial charge in [-0.3, -0.25) is 4.98 Å². The van der Waals surface area contributed by atoms with Gasteiger partial charge in [0, 0.05) is 32.5 Å². The molecule has 7 heteroatoms. The van der Waals surface area contributed by atoms with Crippen LogP contribution in [-0.4, -0.2) is 48.6 Å². The molecule has 2 heterocycles. The Morgan fingerprint density at radius 2 is 2.15 bits per heavy atom. The fourth-order valence-electron chi connectivity index (χ4n) is 2.63. The van der Waals surface area contributed by atoms with Crippen molar-refractivity contribution >= 4 is 15.8 Å². The molecular formula is C13H22N4O2S. The molecule has 2 rings (SSSR count). The molecule has 0 aromatic carbocycles. The van der Waals surface area contributed by atoms with Gasteiger partial charge in [-0.15, -0.1) is 0 Å². The lowest BCUT2D eigenvalue weighted by molar-refractivity contribution is 0.264. The van der Waals surface area contributed by atoms with Crippen LogP contribution < -0.4 is 5.32 Å². The summed E-state index contributed by atoms with van der Waals surface area (Å²) in [5.74, 6) is 1.27. The third-order valence-corrected chi connectivity index (χ3v) is 5.58. The van der Waals surface area contributed by atoms with Crippen LogP contribution in [-0.2, 0) is 16.4 Å². The molecule has 0 unspecified atom stereocenters. The highest BCUT2D eigenvalue weighted by molar-refractivity contribution is 7.89. The predicted molar refractivity (Wildman–Crippen MR) is 79.0 cm³/mol. The van der Waals surface area contributed by atoms with Crippen LogP contribution in [0.15, 0.2) is 12.4 Å². The molecule has 0 aliphatic carbocycles. The van der Waals surface area contributed by atoms with Crippen molar-refractivity contribution in [2.75, 3.05) is 31.2 Å².